The first-order chi connectivity index (χ1) is 7.35. The first kappa shape index (κ1) is 11.0. The molecule has 1 aromatic rings. The third-order valence-corrected chi connectivity index (χ3v) is 4.18. The summed E-state index contributed by atoms with van der Waals surface area (Å²) in [6.07, 6.45) is 0.979. The SMILES string of the molecule is NCCC1(OCc2ccccc2)CSC1. The monoisotopic (exact) mass is 223 g/mol. The van der Waals surface area contributed by atoms with Crippen LogP contribution in [0.4, 0.5) is 0 Å². The molecule has 0 radical (unpaired) electrons. The van der Waals surface area contributed by atoms with Gasteiger partial charge in [0.05, 0.1) is 12.2 Å². The maximum atomic E-state index is 5.99. The number of ether oxygens (including phenoxy) is 1. The van der Waals surface area contributed by atoms with Crippen LogP contribution in [0.2, 0.25) is 0 Å². The van der Waals surface area contributed by atoms with Crippen molar-refractivity contribution in [1.82, 2.24) is 0 Å². The normalized spacial score (nSPS) is 18.5. The quantitative estimate of drug-likeness (QED) is 0.829. The highest BCUT2D eigenvalue weighted by atomic mass is 32.2. The molecule has 0 atom stereocenters. The summed E-state index contributed by atoms with van der Waals surface area (Å²) in [5, 5.41) is 0. The van der Waals surface area contributed by atoms with Crippen LogP contribution < -0.4 is 5.73 Å². The van der Waals surface area contributed by atoms with Crippen LogP contribution in [0.15, 0.2) is 30.3 Å². The summed E-state index contributed by atoms with van der Waals surface area (Å²) in [7, 11) is 0. The summed E-state index contributed by atoms with van der Waals surface area (Å²) < 4.78 is 5.99. The molecule has 2 N–H and O–H groups in total. The molecule has 2 nitrogen and oxygen atoms in total. The molecule has 0 saturated carbocycles. The molecule has 1 heterocycles. The highest BCUT2D eigenvalue weighted by Crippen LogP contribution is 2.36. The molecule has 0 unspecified atom stereocenters. The van der Waals surface area contributed by atoms with Gasteiger partial charge in [-0.1, -0.05) is 30.3 Å². The number of benzene rings is 1. The van der Waals surface area contributed by atoms with E-state index in [9.17, 15) is 0 Å². The van der Waals surface area contributed by atoms with E-state index in [1.165, 1.54) is 5.56 Å². The predicted molar refractivity (Wildman–Crippen MR) is 65.0 cm³/mol. The molecule has 1 aliphatic rings. The molecule has 3 heteroatoms. The summed E-state index contributed by atoms with van der Waals surface area (Å²) >= 11 is 1.94. The Balaban J connectivity index is 1.86. The molecule has 1 aromatic carbocycles. The molecule has 0 aliphatic carbocycles. The average Bonchev–Trinajstić information content (AvgIpc) is 2.23. The minimum absolute atomic E-state index is 0.0647. The number of thioether (sulfide) groups is 1. The maximum absolute atomic E-state index is 5.99. The summed E-state index contributed by atoms with van der Waals surface area (Å²) in [6, 6.07) is 10.3. The zero-order valence-electron chi connectivity index (χ0n) is 8.82. The Morgan fingerprint density at radius 2 is 2.00 bits per heavy atom. The van der Waals surface area contributed by atoms with Crippen molar-refractivity contribution in [3.05, 3.63) is 35.9 Å². The van der Waals surface area contributed by atoms with Crippen LogP contribution in [0.5, 0.6) is 0 Å². The lowest BCUT2D eigenvalue weighted by Crippen LogP contribution is -2.47. The van der Waals surface area contributed by atoms with Gasteiger partial charge in [0.15, 0.2) is 0 Å². The smallest absolute Gasteiger partial charge is 0.0878 e. The van der Waals surface area contributed by atoms with Crippen LogP contribution in [0.25, 0.3) is 0 Å². The lowest BCUT2D eigenvalue weighted by Gasteiger charge is -2.40. The number of rotatable bonds is 5. The minimum atomic E-state index is 0.0647. The Bertz CT molecular complexity index is 298. The first-order valence-corrected chi connectivity index (χ1v) is 6.46. The highest BCUT2D eigenvalue weighted by Gasteiger charge is 2.37. The maximum Gasteiger partial charge on any atom is 0.0878 e. The second-order valence-corrected chi connectivity index (χ2v) is 4.97. The van der Waals surface area contributed by atoms with E-state index in [1.807, 2.05) is 30.0 Å². The van der Waals surface area contributed by atoms with Gasteiger partial charge in [0.25, 0.3) is 0 Å². The largest absolute Gasteiger partial charge is 0.369 e. The fourth-order valence-corrected chi connectivity index (χ4v) is 2.82. The van der Waals surface area contributed by atoms with Crippen molar-refractivity contribution < 1.29 is 4.74 Å². The Morgan fingerprint density at radius 3 is 2.53 bits per heavy atom. The van der Waals surface area contributed by atoms with Crippen LogP contribution in [0.3, 0.4) is 0 Å². The topological polar surface area (TPSA) is 35.2 Å². The van der Waals surface area contributed by atoms with E-state index in [0.29, 0.717) is 6.61 Å². The Morgan fingerprint density at radius 1 is 1.27 bits per heavy atom. The van der Waals surface area contributed by atoms with Gasteiger partial charge in [0.1, 0.15) is 0 Å². The van der Waals surface area contributed by atoms with Crippen LogP contribution in [-0.4, -0.2) is 23.7 Å². The van der Waals surface area contributed by atoms with Crippen LogP contribution in [0, 0.1) is 0 Å². The van der Waals surface area contributed by atoms with E-state index in [-0.39, 0.29) is 5.60 Å². The van der Waals surface area contributed by atoms with Gasteiger partial charge >= 0.3 is 0 Å². The fraction of sp³-hybridized carbons (Fsp3) is 0.500. The van der Waals surface area contributed by atoms with Gasteiger partial charge in [-0.2, -0.15) is 11.8 Å². The third kappa shape index (κ3) is 2.74. The van der Waals surface area contributed by atoms with Gasteiger partial charge in [0.2, 0.25) is 0 Å². The molecule has 1 aliphatic heterocycles. The zero-order chi connectivity index (χ0) is 10.6. The molecule has 1 saturated heterocycles. The van der Waals surface area contributed by atoms with Crippen molar-refractivity contribution in [3.63, 3.8) is 0 Å². The van der Waals surface area contributed by atoms with Crippen LogP contribution >= 0.6 is 11.8 Å². The van der Waals surface area contributed by atoms with Crippen LogP contribution in [-0.2, 0) is 11.3 Å². The molecule has 82 valence electrons. The molecule has 0 amide bonds. The molecule has 0 spiro atoms. The van der Waals surface area contributed by atoms with Gasteiger partial charge in [-0.15, -0.1) is 0 Å². The van der Waals surface area contributed by atoms with E-state index in [0.717, 1.165) is 24.5 Å². The molecule has 0 bridgehead atoms. The summed E-state index contributed by atoms with van der Waals surface area (Å²) in [4.78, 5) is 0. The second-order valence-electron chi connectivity index (χ2n) is 3.99. The Kier molecular flexibility index (Phi) is 3.67. The average molecular weight is 223 g/mol. The molecular weight excluding hydrogens is 206 g/mol. The fourth-order valence-electron chi connectivity index (χ4n) is 1.70. The Hall–Kier alpha value is -0.510. The highest BCUT2D eigenvalue weighted by molar-refractivity contribution is 8.00. The van der Waals surface area contributed by atoms with E-state index in [2.05, 4.69) is 12.1 Å². The molecule has 15 heavy (non-hydrogen) atoms. The van der Waals surface area contributed by atoms with E-state index < -0.39 is 0 Å². The van der Waals surface area contributed by atoms with Crippen molar-refractivity contribution in [2.24, 2.45) is 5.73 Å². The standard InChI is InChI=1S/C12H17NOS/c13-7-6-12(9-15-10-12)14-8-11-4-2-1-3-5-11/h1-5H,6-10,13H2. The van der Waals surface area contributed by atoms with E-state index in [4.69, 9.17) is 10.5 Å². The number of hydrogen-bond acceptors (Lipinski definition) is 3. The van der Waals surface area contributed by atoms with Crippen molar-refractivity contribution >= 4 is 11.8 Å². The molecular formula is C12H17NOS. The van der Waals surface area contributed by atoms with Crippen molar-refractivity contribution in [2.45, 2.75) is 18.6 Å². The van der Waals surface area contributed by atoms with E-state index >= 15 is 0 Å². The Labute approximate surface area is 95.2 Å². The second kappa shape index (κ2) is 5.01. The van der Waals surface area contributed by atoms with Gasteiger partial charge in [0, 0.05) is 11.5 Å². The van der Waals surface area contributed by atoms with Crippen LogP contribution in [0.1, 0.15) is 12.0 Å². The predicted octanol–water partition coefficient (Wildman–Crippen LogP) is 2.04. The number of hydrogen-bond donors (Lipinski definition) is 1. The van der Waals surface area contributed by atoms with Gasteiger partial charge in [-0.25, -0.2) is 0 Å². The van der Waals surface area contributed by atoms with Crippen molar-refractivity contribution in [2.75, 3.05) is 18.1 Å². The summed E-state index contributed by atoms with van der Waals surface area (Å²) in [5.41, 5.74) is 6.91. The molecule has 0 aromatic heterocycles. The van der Waals surface area contributed by atoms with Gasteiger partial charge in [-0.05, 0) is 18.5 Å². The van der Waals surface area contributed by atoms with Crippen molar-refractivity contribution in [1.29, 1.82) is 0 Å². The van der Waals surface area contributed by atoms with Crippen molar-refractivity contribution in [3.8, 4) is 0 Å². The zero-order valence-corrected chi connectivity index (χ0v) is 9.63. The summed E-state index contributed by atoms with van der Waals surface area (Å²) in [5.74, 6) is 2.19. The first-order valence-electron chi connectivity index (χ1n) is 5.30. The lowest BCUT2D eigenvalue weighted by molar-refractivity contribution is -0.0340. The minimum Gasteiger partial charge on any atom is -0.369 e. The van der Waals surface area contributed by atoms with Gasteiger partial charge in [-0.3, -0.25) is 0 Å². The molecule has 1 fully saturated rings. The number of nitrogens with two attached hydrogens (primary N) is 1. The third-order valence-electron chi connectivity index (χ3n) is 2.72. The lowest BCUT2D eigenvalue weighted by atomic mass is 10.0. The van der Waals surface area contributed by atoms with E-state index in [1.54, 1.807) is 0 Å². The van der Waals surface area contributed by atoms with Gasteiger partial charge < -0.3 is 10.5 Å². The molecule has 2 rings (SSSR count). The summed E-state index contributed by atoms with van der Waals surface area (Å²) in [6.45, 7) is 1.43.